The van der Waals surface area contributed by atoms with Crippen LogP contribution in [-0.2, 0) is 6.61 Å². The third-order valence-corrected chi connectivity index (χ3v) is 4.64. The Bertz CT molecular complexity index is 943. The molecular weight excluding hydrogens is 413 g/mol. The van der Waals surface area contributed by atoms with Gasteiger partial charge in [-0.3, -0.25) is 5.43 Å². The Morgan fingerprint density at radius 3 is 2.29 bits per heavy atom. The lowest BCUT2D eigenvalue weighted by atomic mass is 10.2. The van der Waals surface area contributed by atoms with Crippen LogP contribution in [0, 0.1) is 0 Å². The number of nitrogens with zero attached hydrogens (tertiary/aromatic N) is 1. The van der Waals surface area contributed by atoms with Gasteiger partial charge >= 0.3 is 0 Å². The van der Waals surface area contributed by atoms with Crippen molar-refractivity contribution in [2.75, 3.05) is 5.32 Å². The maximum absolute atomic E-state index is 6.15. The van der Waals surface area contributed by atoms with Gasteiger partial charge in [-0.05, 0) is 66.3 Å². The van der Waals surface area contributed by atoms with E-state index in [4.69, 9.17) is 40.2 Å². The molecular formula is C21H17Cl2N3OS. The summed E-state index contributed by atoms with van der Waals surface area (Å²) in [6, 6.07) is 22.5. The number of ether oxygens (including phenoxy) is 1. The molecule has 0 fully saturated rings. The molecule has 0 bridgehead atoms. The fourth-order valence-electron chi connectivity index (χ4n) is 2.32. The first-order valence-corrected chi connectivity index (χ1v) is 9.59. The summed E-state index contributed by atoms with van der Waals surface area (Å²) in [5, 5.41) is 8.76. The van der Waals surface area contributed by atoms with E-state index in [1.165, 1.54) is 0 Å². The van der Waals surface area contributed by atoms with Gasteiger partial charge in [0.05, 0.1) is 6.21 Å². The Hall–Kier alpha value is -2.60. The van der Waals surface area contributed by atoms with Crippen molar-refractivity contribution in [3.05, 3.63) is 94.0 Å². The summed E-state index contributed by atoms with van der Waals surface area (Å²) in [6.07, 6.45) is 1.67. The molecule has 0 radical (unpaired) electrons. The van der Waals surface area contributed by atoms with E-state index >= 15 is 0 Å². The number of anilines is 1. The quantitative estimate of drug-likeness (QED) is 0.291. The van der Waals surface area contributed by atoms with Crippen LogP contribution in [0.25, 0.3) is 0 Å². The monoisotopic (exact) mass is 429 g/mol. The summed E-state index contributed by atoms with van der Waals surface area (Å²) in [5.41, 5.74) is 5.35. The van der Waals surface area contributed by atoms with Crippen LogP contribution in [0.4, 0.5) is 5.69 Å². The molecule has 0 unspecified atom stereocenters. The molecule has 2 N–H and O–H groups in total. The SMILES string of the molecule is S=C(N/N=C\c1ccc(OCc2c(Cl)cccc2Cl)cc1)Nc1ccccc1. The molecule has 0 saturated carbocycles. The summed E-state index contributed by atoms with van der Waals surface area (Å²) in [5.74, 6) is 0.711. The van der Waals surface area contributed by atoms with E-state index in [1.54, 1.807) is 24.4 Å². The van der Waals surface area contributed by atoms with Gasteiger partial charge in [0.25, 0.3) is 0 Å². The molecule has 0 aromatic heterocycles. The summed E-state index contributed by atoms with van der Waals surface area (Å²) >= 11 is 17.5. The highest BCUT2D eigenvalue weighted by molar-refractivity contribution is 7.80. The molecule has 0 aliphatic heterocycles. The van der Waals surface area contributed by atoms with Crippen LogP contribution in [0.2, 0.25) is 10.0 Å². The molecule has 4 nitrogen and oxygen atoms in total. The average Bonchev–Trinajstić information content (AvgIpc) is 2.69. The number of hydrazone groups is 1. The molecule has 0 saturated heterocycles. The van der Waals surface area contributed by atoms with Crippen molar-refractivity contribution in [2.45, 2.75) is 6.61 Å². The van der Waals surface area contributed by atoms with Crippen molar-refractivity contribution in [3.63, 3.8) is 0 Å². The van der Waals surface area contributed by atoms with Crippen LogP contribution in [0.3, 0.4) is 0 Å². The van der Waals surface area contributed by atoms with E-state index in [1.807, 2.05) is 54.6 Å². The summed E-state index contributed by atoms with van der Waals surface area (Å²) in [4.78, 5) is 0. The van der Waals surface area contributed by atoms with Crippen molar-refractivity contribution in [1.82, 2.24) is 5.43 Å². The fourth-order valence-corrected chi connectivity index (χ4v) is 3.00. The molecule has 0 aliphatic rings. The predicted octanol–water partition coefficient (Wildman–Crippen LogP) is 5.89. The lowest BCUT2D eigenvalue weighted by Gasteiger charge is -2.09. The van der Waals surface area contributed by atoms with Crippen molar-refractivity contribution in [2.24, 2.45) is 5.10 Å². The zero-order valence-corrected chi connectivity index (χ0v) is 17.1. The average molecular weight is 430 g/mol. The minimum absolute atomic E-state index is 0.299. The fraction of sp³-hybridized carbons (Fsp3) is 0.0476. The zero-order chi connectivity index (χ0) is 19.8. The van der Waals surface area contributed by atoms with Crippen LogP contribution in [0.15, 0.2) is 77.9 Å². The van der Waals surface area contributed by atoms with E-state index in [0.717, 1.165) is 16.8 Å². The van der Waals surface area contributed by atoms with Crippen LogP contribution < -0.4 is 15.5 Å². The van der Waals surface area contributed by atoms with E-state index in [2.05, 4.69) is 15.8 Å². The maximum Gasteiger partial charge on any atom is 0.191 e. The molecule has 142 valence electrons. The van der Waals surface area contributed by atoms with Gasteiger partial charge in [-0.25, -0.2) is 0 Å². The van der Waals surface area contributed by atoms with Gasteiger partial charge in [0.2, 0.25) is 0 Å². The molecule has 0 heterocycles. The number of nitrogens with one attached hydrogen (secondary N) is 2. The highest BCUT2D eigenvalue weighted by atomic mass is 35.5. The minimum Gasteiger partial charge on any atom is -0.489 e. The largest absolute Gasteiger partial charge is 0.489 e. The first-order valence-electron chi connectivity index (χ1n) is 8.42. The van der Waals surface area contributed by atoms with Crippen molar-refractivity contribution < 1.29 is 4.74 Å². The third-order valence-electron chi connectivity index (χ3n) is 3.74. The molecule has 3 aromatic carbocycles. The topological polar surface area (TPSA) is 45.7 Å². The highest BCUT2D eigenvalue weighted by Crippen LogP contribution is 2.25. The second-order valence-electron chi connectivity index (χ2n) is 5.75. The Kier molecular flexibility index (Phi) is 7.25. The summed E-state index contributed by atoms with van der Waals surface area (Å²) in [6.45, 7) is 0.299. The molecule has 0 aliphatic carbocycles. The maximum atomic E-state index is 6.15. The lowest BCUT2D eigenvalue weighted by Crippen LogP contribution is -2.23. The number of benzene rings is 3. The van der Waals surface area contributed by atoms with Gasteiger partial charge in [0.1, 0.15) is 12.4 Å². The van der Waals surface area contributed by atoms with Crippen LogP contribution in [0.5, 0.6) is 5.75 Å². The van der Waals surface area contributed by atoms with Gasteiger partial charge < -0.3 is 10.1 Å². The summed E-state index contributed by atoms with van der Waals surface area (Å²) < 4.78 is 5.76. The first-order chi connectivity index (χ1) is 13.6. The number of hydrogen-bond donors (Lipinski definition) is 2. The van der Waals surface area contributed by atoms with E-state index < -0.39 is 0 Å². The van der Waals surface area contributed by atoms with Crippen molar-refractivity contribution in [3.8, 4) is 5.75 Å². The molecule has 3 aromatic rings. The third kappa shape index (κ3) is 5.96. The number of thiocarbonyl (C=S) groups is 1. The molecule has 7 heteroatoms. The van der Waals surface area contributed by atoms with Gasteiger partial charge in [0.15, 0.2) is 5.11 Å². The first kappa shape index (κ1) is 20.1. The smallest absolute Gasteiger partial charge is 0.191 e. The Labute approximate surface area is 179 Å². The molecule has 3 rings (SSSR count). The summed E-state index contributed by atoms with van der Waals surface area (Å²) in [7, 11) is 0. The van der Waals surface area contributed by atoms with Crippen LogP contribution >= 0.6 is 35.4 Å². The molecule has 0 atom stereocenters. The Morgan fingerprint density at radius 2 is 1.61 bits per heavy atom. The van der Waals surface area contributed by atoms with Gasteiger partial charge in [-0.15, -0.1) is 0 Å². The number of para-hydroxylation sites is 1. The van der Waals surface area contributed by atoms with Crippen molar-refractivity contribution in [1.29, 1.82) is 0 Å². The molecule has 0 spiro atoms. The predicted molar refractivity (Wildman–Crippen MR) is 121 cm³/mol. The lowest BCUT2D eigenvalue weighted by molar-refractivity contribution is 0.306. The minimum atomic E-state index is 0.299. The Balaban J connectivity index is 1.50. The second-order valence-corrected chi connectivity index (χ2v) is 6.97. The zero-order valence-electron chi connectivity index (χ0n) is 14.7. The standard InChI is InChI=1S/C21H17Cl2N3OS/c22-19-7-4-8-20(23)18(19)14-27-17-11-9-15(10-12-17)13-24-26-21(28)25-16-5-2-1-3-6-16/h1-13H,14H2,(H2,25,26,28)/b24-13-. The number of rotatable bonds is 6. The second kappa shape index (κ2) is 10.1. The Morgan fingerprint density at radius 1 is 0.929 bits per heavy atom. The molecule has 28 heavy (non-hydrogen) atoms. The number of halogens is 2. The van der Waals surface area contributed by atoms with Crippen molar-refractivity contribution >= 4 is 52.4 Å². The van der Waals surface area contributed by atoms with Crippen LogP contribution in [-0.4, -0.2) is 11.3 Å². The van der Waals surface area contributed by atoms with Gasteiger partial charge in [-0.2, -0.15) is 5.10 Å². The highest BCUT2D eigenvalue weighted by Gasteiger charge is 2.06. The van der Waals surface area contributed by atoms with Crippen LogP contribution in [0.1, 0.15) is 11.1 Å². The van der Waals surface area contributed by atoms with E-state index in [-0.39, 0.29) is 0 Å². The van der Waals surface area contributed by atoms with Gasteiger partial charge in [0, 0.05) is 21.3 Å². The van der Waals surface area contributed by atoms with Gasteiger partial charge in [-0.1, -0.05) is 47.5 Å². The van der Waals surface area contributed by atoms with E-state index in [0.29, 0.717) is 27.5 Å². The molecule has 0 amide bonds. The van der Waals surface area contributed by atoms with E-state index in [9.17, 15) is 0 Å². The normalized spacial score (nSPS) is 10.6. The number of hydrogen-bond acceptors (Lipinski definition) is 3.